The predicted octanol–water partition coefficient (Wildman–Crippen LogP) is 6.97. The number of carbonyl (C=O) groups excluding carboxylic acids is 1. The lowest BCUT2D eigenvalue weighted by atomic mass is 9.86. The van der Waals surface area contributed by atoms with E-state index in [-0.39, 0.29) is 11.7 Å². The molecular formula is C27H33ClO3. The van der Waals surface area contributed by atoms with Gasteiger partial charge in [0.1, 0.15) is 5.76 Å². The smallest absolute Gasteiger partial charge is 0.170 e. The molecule has 3 nitrogen and oxygen atoms in total. The third kappa shape index (κ3) is 5.39. The van der Waals surface area contributed by atoms with Gasteiger partial charge in [-0.3, -0.25) is 4.79 Å². The SMILES string of the molecule is CCc1ccc(-c2ccc(Cl)cc2)cc1C1=C(OC)CC(CC(CC)CCOC)C1=O. The monoisotopic (exact) mass is 440 g/mol. The number of Topliss-reactive ketones (excluding diaryl/α,β-unsaturated/α-hetero) is 1. The molecule has 1 aliphatic carbocycles. The van der Waals surface area contributed by atoms with Crippen molar-refractivity contribution in [3.8, 4) is 11.1 Å². The molecule has 166 valence electrons. The number of allylic oxidation sites excluding steroid dienone is 2. The van der Waals surface area contributed by atoms with Gasteiger partial charge < -0.3 is 9.47 Å². The van der Waals surface area contributed by atoms with Gasteiger partial charge in [-0.25, -0.2) is 0 Å². The molecule has 2 atom stereocenters. The molecule has 2 aromatic rings. The summed E-state index contributed by atoms with van der Waals surface area (Å²) in [4.78, 5) is 13.6. The molecular weight excluding hydrogens is 408 g/mol. The molecule has 3 rings (SSSR count). The zero-order valence-corrected chi connectivity index (χ0v) is 19.8. The van der Waals surface area contributed by atoms with Crippen molar-refractivity contribution in [3.63, 3.8) is 0 Å². The van der Waals surface area contributed by atoms with Gasteiger partial charge in [-0.1, -0.05) is 56.1 Å². The number of rotatable bonds is 10. The number of ether oxygens (including phenoxy) is 2. The van der Waals surface area contributed by atoms with Gasteiger partial charge >= 0.3 is 0 Å². The highest BCUT2D eigenvalue weighted by Crippen LogP contribution is 2.41. The van der Waals surface area contributed by atoms with Gasteiger partial charge in [-0.2, -0.15) is 0 Å². The summed E-state index contributed by atoms with van der Waals surface area (Å²) in [5.41, 5.74) is 5.10. The molecule has 31 heavy (non-hydrogen) atoms. The summed E-state index contributed by atoms with van der Waals surface area (Å²) < 4.78 is 11.0. The van der Waals surface area contributed by atoms with E-state index in [1.165, 1.54) is 5.56 Å². The van der Waals surface area contributed by atoms with E-state index in [2.05, 4.69) is 32.0 Å². The fourth-order valence-corrected chi connectivity index (χ4v) is 4.66. The second-order valence-corrected chi connectivity index (χ2v) is 8.73. The minimum absolute atomic E-state index is 0.0179. The maximum absolute atomic E-state index is 13.6. The third-order valence-corrected chi connectivity index (χ3v) is 6.69. The summed E-state index contributed by atoms with van der Waals surface area (Å²) in [7, 11) is 3.41. The maximum atomic E-state index is 13.6. The average Bonchev–Trinajstić information content (AvgIpc) is 3.11. The molecule has 2 aromatic carbocycles. The molecule has 0 spiro atoms. The van der Waals surface area contributed by atoms with E-state index < -0.39 is 0 Å². The van der Waals surface area contributed by atoms with Crippen molar-refractivity contribution in [1.29, 1.82) is 0 Å². The average molecular weight is 441 g/mol. The number of ketones is 1. The summed E-state index contributed by atoms with van der Waals surface area (Å²) in [6.07, 6.45) is 4.47. The largest absolute Gasteiger partial charge is 0.500 e. The Morgan fingerprint density at radius 1 is 1.06 bits per heavy atom. The molecule has 0 saturated heterocycles. The van der Waals surface area contributed by atoms with Crippen LogP contribution in [0.5, 0.6) is 0 Å². The summed E-state index contributed by atoms with van der Waals surface area (Å²) in [5.74, 6) is 1.50. The first-order valence-electron chi connectivity index (χ1n) is 11.2. The van der Waals surface area contributed by atoms with Gasteiger partial charge in [-0.05, 0) is 65.6 Å². The Morgan fingerprint density at radius 3 is 2.39 bits per heavy atom. The number of aryl methyl sites for hydroxylation is 1. The first-order chi connectivity index (χ1) is 15.0. The lowest BCUT2D eigenvalue weighted by Gasteiger charge is -2.18. The van der Waals surface area contributed by atoms with Crippen LogP contribution in [0.3, 0.4) is 0 Å². The second-order valence-electron chi connectivity index (χ2n) is 8.29. The van der Waals surface area contributed by atoms with Crippen LogP contribution in [0.4, 0.5) is 0 Å². The summed E-state index contributed by atoms with van der Waals surface area (Å²) >= 11 is 6.06. The number of halogens is 1. The molecule has 0 heterocycles. The van der Waals surface area contributed by atoms with Gasteiger partial charge in [0.25, 0.3) is 0 Å². The summed E-state index contributed by atoms with van der Waals surface area (Å²) in [6, 6.07) is 14.2. The normalized spacial score (nSPS) is 17.3. The first kappa shape index (κ1) is 23.6. The number of hydrogen-bond acceptors (Lipinski definition) is 3. The molecule has 0 N–H and O–H groups in total. The van der Waals surface area contributed by atoms with Crippen molar-refractivity contribution >= 4 is 23.0 Å². The highest BCUT2D eigenvalue weighted by Gasteiger charge is 2.36. The van der Waals surface area contributed by atoms with Crippen molar-refractivity contribution in [2.24, 2.45) is 11.8 Å². The fraction of sp³-hybridized carbons (Fsp3) is 0.444. The predicted molar refractivity (Wildman–Crippen MR) is 128 cm³/mol. The molecule has 0 aromatic heterocycles. The highest BCUT2D eigenvalue weighted by molar-refractivity contribution is 6.30. The molecule has 1 aliphatic rings. The number of carbonyl (C=O) groups is 1. The van der Waals surface area contributed by atoms with Crippen LogP contribution in [0.15, 0.2) is 48.2 Å². The molecule has 0 aliphatic heterocycles. The standard InChI is InChI=1S/C27H33ClO3/c1-5-18(13-14-30-3)15-22-17-25(31-4)26(27(22)29)24-16-21(8-7-19(24)6-2)20-9-11-23(28)12-10-20/h7-12,16,18,22H,5-6,13-15,17H2,1-4H3. The Hall–Kier alpha value is -2.10. The lowest BCUT2D eigenvalue weighted by molar-refractivity contribution is -0.117. The zero-order valence-electron chi connectivity index (χ0n) is 19.0. The summed E-state index contributed by atoms with van der Waals surface area (Å²) in [5, 5.41) is 0.714. The Labute approximate surface area is 191 Å². The van der Waals surface area contributed by atoms with Crippen LogP contribution in [-0.4, -0.2) is 26.6 Å². The first-order valence-corrected chi connectivity index (χ1v) is 11.6. The van der Waals surface area contributed by atoms with Gasteiger partial charge in [0, 0.05) is 31.1 Å². The van der Waals surface area contributed by atoms with Crippen molar-refractivity contribution in [1.82, 2.24) is 0 Å². The molecule has 0 bridgehead atoms. The maximum Gasteiger partial charge on any atom is 0.170 e. The van der Waals surface area contributed by atoms with Crippen LogP contribution in [0, 0.1) is 11.8 Å². The second kappa shape index (κ2) is 11.0. The highest BCUT2D eigenvalue weighted by atomic mass is 35.5. The third-order valence-electron chi connectivity index (χ3n) is 6.44. The van der Waals surface area contributed by atoms with Crippen LogP contribution in [0.1, 0.15) is 50.7 Å². The summed E-state index contributed by atoms with van der Waals surface area (Å²) in [6.45, 7) is 5.05. The quantitative estimate of drug-likeness (QED) is 0.400. The van der Waals surface area contributed by atoms with Crippen LogP contribution >= 0.6 is 11.6 Å². The van der Waals surface area contributed by atoms with E-state index in [1.807, 2.05) is 24.3 Å². The van der Waals surface area contributed by atoms with Crippen molar-refractivity contribution in [3.05, 3.63) is 64.4 Å². The molecule has 2 unspecified atom stereocenters. The van der Waals surface area contributed by atoms with E-state index in [1.54, 1.807) is 14.2 Å². The topological polar surface area (TPSA) is 35.5 Å². The van der Waals surface area contributed by atoms with Gasteiger partial charge in [0.15, 0.2) is 5.78 Å². The van der Waals surface area contributed by atoms with Crippen molar-refractivity contribution in [2.45, 2.75) is 46.0 Å². The number of methoxy groups -OCH3 is 2. The van der Waals surface area contributed by atoms with Gasteiger partial charge in [0.2, 0.25) is 0 Å². The van der Waals surface area contributed by atoms with Crippen LogP contribution in [0.25, 0.3) is 16.7 Å². The molecule has 0 radical (unpaired) electrons. The van der Waals surface area contributed by atoms with E-state index in [9.17, 15) is 4.79 Å². The van der Waals surface area contributed by atoms with Crippen LogP contribution in [0.2, 0.25) is 5.02 Å². The fourth-order valence-electron chi connectivity index (χ4n) is 4.53. The Morgan fingerprint density at radius 2 is 1.77 bits per heavy atom. The molecule has 0 fully saturated rings. The van der Waals surface area contributed by atoms with Crippen molar-refractivity contribution < 1.29 is 14.3 Å². The van der Waals surface area contributed by atoms with Crippen molar-refractivity contribution in [2.75, 3.05) is 20.8 Å². The molecule has 4 heteroatoms. The van der Waals surface area contributed by atoms with Crippen LogP contribution in [-0.2, 0) is 20.7 Å². The zero-order chi connectivity index (χ0) is 22.4. The van der Waals surface area contributed by atoms with E-state index in [0.29, 0.717) is 17.4 Å². The molecule has 0 saturated carbocycles. The molecule has 0 amide bonds. The van der Waals surface area contributed by atoms with Crippen LogP contribution < -0.4 is 0 Å². The minimum Gasteiger partial charge on any atom is -0.500 e. The van der Waals surface area contributed by atoms with E-state index >= 15 is 0 Å². The Bertz CT molecular complexity index is 930. The van der Waals surface area contributed by atoms with E-state index in [0.717, 1.165) is 60.3 Å². The van der Waals surface area contributed by atoms with Gasteiger partial charge in [0.05, 0.1) is 12.7 Å². The lowest BCUT2D eigenvalue weighted by Crippen LogP contribution is -2.16. The van der Waals surface area contributed by atoms with E-state index in [4.69, 9.17) is 21.1 Å². The number of benzene rings is 2. The Kier molecular flexibility index (Phi) is 8.34. The Balaban J connectivity index is 1.94. The van der Waals surface area contributed by atoms with Gasteiger partial charge in [-0.15, -0.1) is 0 Å². The minimum atomic E-state index is -0.0179. The number of hydrogen-bond donors (Lipinski definition) is 0.